The Kier molecular flexibility index (Phi) is 3.66. The molecule has 1 aliphatic rings. The van der Waals surface area contributed by atoms with Crippen molar-refractivity contribution in [1.82, 2.24) is 5.01 Å². The van der Waals surface area contributed by atoms with Gasteiger partial charge < -0.3 is 0 Å². The second kappa shape index (κ2) is 4.96. The van der Waals surface area contributed by atoms with Gasteiger partial charge in [-0.15, -0.1) is 0 Å². The lowest BCUT2D eigenvalue weighted by molar-refractivity contribution is -0.132. The predicted molar refractivity (Wildman–Crippen MR) is 67.3 cm³/mol. The van der Waals surface area contributed by atoms with Gasteiger partial charge in [0.05, 0.1) is 12.5 Å². The molecule has 1 heterocycles. The number of hydrogen-bond donors (Lipinski definition) is 0. The highest BCUT2D eigenvalue weighted by Gasteiger charge is 2.47. The maximum Gasteiger partial charge on any atom is 0.431 e. The molecule has 0 aromatic heterocycles. The first-order chi connectivity index (χ1) is 8.79. The van der Waals surface area contributed by atoms with Crippen LogP contribution < -0.4 is 0 Å². The zero-order chi connectivity index (χ0) is 14.2. The number of halogens is 4. The molecular formula is C12H10BrF3N2O. The summed E-state index contributed by atoms with van der Waals surface area (Å²) >= 11 is 3.26. The number of carbonyl (C=O) groups is 1. The van der Waals surface area contributed by atoms with E-state index in [1.807, 2.05) is 0 Å². The van der Waals surface area contributed by atoms with Crippen molar-refractivity contribution >= 4 is 27.5 Å². The van der Waals surface area contributed by atoms with Crippen LogP contribution in [-0.2, 0) is 11.3 Å². The van der Waals surface area contributed by atoms with Crippen molar-refractivity contribution in [3.63, 3.8) is 0 Å². The summed E-state index contributed by atoms with van der Waals surface area (Å²) < 4.78 is 38.7. The van der Waals surface area contributed by atoms with Crippen molar-refractivity contribution in [3.05, 3.63) is 34.3 Å². The van der Waals surface area contributed by atoms with E-state index in [2.05, 4.69) is 21.0 Å². The molecule has 0 saturated carbocycles. The molecule has 0 spiro atoms. The van der Waals surface area contributed by atoms with E-state index in [9.17, 15) is 18.0 Å². The van der Waals surface area contributed by atoms with Crippen LogP contribution >= 0.6 is 15.9 Å². The fraction of sp³-hybridized carbons (Fsp3) is 0.333. The highest BCUT2D eigenvalue weighted by Crippen LogP contribution is 2.29. The third-order valence-electron chi connectivity index (χ3n) is 2.78. The van der Waals surface area contributed by atoms with Gasteiger partial charge >= 0.3 is 6.18 Å². The van der Waals surface area contributed by atoms with Crippen molar-refractivity contribution in [1.29, 1.82) is 0 Å². The molecule has 0 saturated heterocycles. The molecule has 1 aromatic rings. The maximum atomic E-state index is 12.6. The van der Waals surface area contributed by atoms with Crippen LogP contribution in [0, 0.1) is 5.92 Å². The summed E-state index contributed by atoms with van der Waals surface area (Å²) in [5.74, 6) is -1.88. The molecule has 3 nitrogen and oxygen atoms in total. The van der Waals surface area contributed by atoms with Crippen LogP contribution in [0.25, 0.3) is 0 Å². The number of nitrogens with zero attached hydrogens (tertiary/aromatic N) is 2. The number of hydrazone groups is 1. The Morgan fingerprint density at radius 2 is 2.11 bits per heavy atom. The topological polar surface area (TPSA) is 32.7 Å². The van der Waals surface area contributed by atoms with Gasteiger partial charge in [0.1, 0.15) is 0 Å². The summed E-state index contributed by atoms with van der Waals surface area (Å²) in [5, 5.41) is 4.28. The average molecular weight is 335 g/mol. The van der Waals surface area contributed by atoms with Gasteiger partial charge in [0.15, 0.2) is 5.71 Å². The second-order valence-electron chi connectivity index (χ2n) is 4.23. The summed E-state index contributed by atoms with van der Waals surface area (Å²) in [7, 11) is 0. The molecule has 0 N–H and O–H groups in total. The predicted octanol–water partition coefficient (Wildman–Crippen LogP) is 3.35. The van der Waals surface area contributed by atoms with Gasteiger partial charge in [-0.3, -0.25) is 4.79 Å². The van der Waals surface area contributed by atoms with Gasteiger partial charge in [-0.2, -0.15) is 18.3 Å². The van der Waals surface area contributed by atoms with Gasteiger partial charge in [0, 0.05) is 4.47 Å². The minimum absolute atomic E-state index is 0.0300. The molecule has 7 heteroatoms. The molecule has 1 aliphatic heterocycles. The molecule has 1 atom stereocenters. The van der Waals surface area contributed by atoms with E-state index >= 15 is 0 Å². The van der Waals surface area contributed by atoms with E-state index in [1.54, 1.807) is 24.3 Å². The van der Waals surface area contributed by atoms with E-state index in [0.717, 1.165) is 9.48 Å². The number of benzene rings is 1. The molecular weight excluding hydrogens is 325 g/mol. The molecule has 1 amide bonds. The van der Waals surface area contributed by atoms with E-state index in [0.29, 0.717) is 5.56 Å². The van der Waals surface area contributed by atoms with E-state index in [1.165, 1.54) is 6.92 Å². The van der Waals surface area contributed by atoms with Crippen molar-refractivity contribution in [2.45, 2.75) is 19.6 Å². The molecule has 0 bridgehead atoms. The lowest BCUT2D eigenvalue weighted by Crippen LogP contribution is -2.30. The number of rotatable bonds is 2. The van der Waals surface area contributed by atoms with Gasteiger partial charge in [-0.05, 0) is 24.6 Å². The molecule has 0 aliphatic carbocycles. The summed E-state index contributed by atoms with van der Waals surface area (Å²) in [6.45, 7) is 1.25. The van der Waals surface area contributed by atoms with E-state index in [-0.39, 0.29) is 6.54 Å². The quantitative estimate of drug-likeness (QED) is 0.816. The Morgan fingerprint density at radius 1 is 1.42 bits per heavy atom. The zero-order valence-corrected chi connectivity index (χ0v) is 11.5. The number of alkyl halides is 3. The minimum Gasteiger partial charge on any atom is -0.272 e. The maximum absolute atomic E-state index is 12.6. The van der Waals surface area contributed by atoms with Crippen LogP contribution in [-0.4, -0.2) is 22.8 Å². The first-order valence-electron chi connectivity index (χ1n) is 5.50. The Hall–Kier alpha value is -1.37. The lowest BCUT2D eigenvalue weighted by atomic mass is 10.1. The van der Waals surface area contributed by atoms with Gasteiger partial charge in [0.2, 0.25) is 0 Å². The summed E-state index contributed by atoms with van der Waals surface area (Å²) in [4.78, 5) is 11.8. The SMILES string of the molecule is CC1C(=O)N(Cc2cccc(Br)c2)N=C1C(F)(F)F. The van der Waals surface area contributed by atoms with Crippen molar-refractivity contribution in [2.75, 3.05) is 0 Å². The first kappa shape index (κ1) is 14.0. The third kappa shape index (κ3) is 2.97. The van der Waals surface area contributed by atoms with E-state index < -0.39 is 23.7 Å². The third-order valence-corrected chi connectivity index (χ3v) is 3.27. The van der Waals surface area contributed by atoms with Crippen LogP contribution in [0.3, 0.4) is 0 Å². The smallest absolute Gasteiger partial charge is 0.272 e. The largest absolute Gasteiger partial charge is 0.431 e. The van der Waals surface area contributed by atoms with Crippen LogP contribution in [0.15, 0.2) is 33.8 Å². The fourth-order valence-electron chi connectivity index (χ4n) is 1.83. The Labute approximate surface area is 116 Å². The number of hydrogen-bond acceptors (Lipinski definition) is 2. The van der Waals surface area contributed by atoms with Crippen LogP contribution in [0.1, 0.15) is 12.5 Å². The van der Waals surface area contributed by atoms with Crippen molar-refractivity contribution < 1.29 is 18.0 Å². The van der Waals surface area contributed by atoms with Crippen LogP contribution in [0.5, 0.6) is 0 Å². The summed E-state index contributed by atoms with van der Waals surface area (Å²) in [6, 6.07) is 7.00. The number of carbonyl (C=O) groups excluding carboxylic acids is 1. The lowest BCUT2D eigenvalue weighted by Gasteiger charge is -2.12. The Morgan fingerprint density at radius 3 is 2.63 bits per heavy atom. The monoisotopic (exact) mass is 334 g/mol. The van der Waals surface area contributed by atoms with E-state index in [4.69, 9.17) is 0 Å². The summed E-state index contributed by atoms with van der Waals surface area (Å²) in [5.41, 5.74) is -0.324. The van der Waals surface area contributed by atoms with Gasteiger partial charge in [0.25, 0.3) is 5.91 Å². The molecule has 2 rings (SSSR count). The number of amides is 1. The second-order valence-corrected chi connectivity index (χ2v) is 5.15. The van der Waals surface area contributed by atoms with Crippen molar-refractivity contribution in [3.8, 4) is 0 Å². The van der Waals surface area contributed by atoms with Crippen LogP contribution in [0.4, 0.5) is 13.2 Å². The van der Waals surface area contributed by atoms with Crippen molar-refractivity contribution in [2.24, 2.45) is 11.0 Å². The highest BCUT2D eigenvalue weighted by atomic mass is 79.9. The standard InChI is InChI=1S/C12H10BrF3N2O/c1-7-10(12(14,15)16)17-18(11(7)19)6-8-3-2-4-9(13)5-8/h2-5,7H,6H2,1H3. The highest BCUT2D eigenvalue weighted by molar-refractivity contribution is 9.10. The zero-order valence-electron chi connectivity index (χ0n) is 9.91. The van der Waals surface area contributed by atoms with Gasteiger partial charge in [-0.25, -0.2) is 5.01 Å². The Bertz CT molecular complexity index is 542. The molecule has 1 aromatic carbocycles. The summed E-state index contributed by atoms with van der Waals surface area (Å²) in [6.07, 6.45) is -4.57. The average Bonchev–Trinajstić information content (AvgIpc) is 2.57. The molecule has 0 fully saturated rings. The molecule has 102 valence electrons. The normalized spacial score (nSPS) is 19.8. The molecule has 19 heavy (non-hydrogen) atoms. The van der Waals surface area contributed by atoms with Crippen LogP contribution in [0.2, 0.25) is 0 Å². The Balaban J connectivity index is 2.22. The first-order valence-corrected chi connectivity index (χ1v) is 6.30. The van der Waals surface area contributed by atoms with Gasteiger partial charge in [-0.1, -0.05) is 28.1 Å². The molecule has 1 unspecified atom stereocenters. The minimum atomic E-state index is -4.57. The molecule has 0 radical (unpaired) electrons. The fourth-order valence-corrected chi connectivity index (χ4v) is 2.28.